The molecule has 0 saturated carbocycles. The summed E-state index contributed by atoms with van der Waals surface area (Å²) in [5.74, 6) is -0.0425. The van der Waals surface area contributed by atoms with E-state index in [-0.39, 0.29) is 24.2 Å². The number of halogens is 1. The Bertz CT molecular complexity index is 835. The van der Waals surface area contributed by atoms with Gasteiger partial charge in [-0.15, -0.1) is 0 Å². The molecule has 26 heavy (non-hydrogen) atoms. The number of β-amino-alcohol motifs (C(OH)–C–C–N with tert-alkyl or cyclic N) is 1. The van der Waals surface area contributed by atoms with E-state index in [9.17, 15) is 15.0 Å². The zero-order valence-corrected chi connectivity index (χ0v) is 15.4. The molecule has 1 saturated heterocycles. The van der Waals surface area contributed by atoms with E-state index in [1.807, 2.05) is 0 Å². The van der Waals surface area contributed by atoms with Gasteiger partial charge in [-0.05, 0) is 20.8 Å². The molecule has 4 N–H and O–H groups in total. The molecule has 0 aromatic carbocycles. The first-order chi connectivity index (χ1) is 12.1. The van der Waals surface area contributed by atoms with Gasteiger partial charge in [0.25, 0.3) is 0 Å². The Hall–Kier alpha value is -2.17. The SMILES string of the molecule is CC(C)(C)OC(=O)N1C[C@@H](O)[C@@H](O)[C@H](n2cnc3c(Cl)nc(N)nc32)C1. The second-order valence-electron chi connectivity index (χ2n) is 7.21. The van der Waals surface area contributed by atoms with Crippen LogP contribution in [0.2, 0.25) is 5.15 Å². The zero-order valence-electron chi connectivity index (χ0n) is 14.6. The van der Waals surface area contributed by atoms with Gasteiger partial charge in [-0.2, -0.15) is 9.97 Å². The van der Waals surface area contributed by atoms with Gasteiger partial charge < -0.3 is 30.2 Å². The van der Waals surface area contributed by atoms with Crippen molar-refractivity contribution in [3.05, 3.63) is 11.5 Å². The number of imidazole rings is 1. The van der Waals surface area contributed by atoms with Crippen LogP contribution in [0.25, 0.3) is 11.2 Å². The minimum atomic E-state index is -1.16. The number of nitrogen functional groups attached to an aromatic ring is 1. The van der Waals surface area contributed by atoms with E-state index in [2.05, 4.69) is 15.0 Å². The minimum absolute atomic E-state index is 0.0425. The van der Waals surface area contributed by atoms with Crippen molar-refractivity contribution in [1.82, 2.24) is 24.4 Å². The van der Waals surface area contributed by atoms with E-state index in [0.29, 0.717) is 11.2 Å². The molecule has 0 bridgehead atoms. The number of carbonyl (C=O) groups excluding carboxylic acids is 1. The maximum atomic E-state index is 12.4. The second-order valence-corrected chi connectivity index (χ2v) is 7.57. The third-order valence-corrected chi connectivity index (χ3v) is 4.27. The maximum absolute atomic E-state index is 12.4. The number of rotatable bonds is 1. The van der Waals surface area contributed by atoms with Crippen LogP contribution in [-0.4, -0.2) is 71.6 Å². The summed E-state index contributed by atoms with van der Waals surface area (Å²) < 4.78 is 6.89. The number of fused-ring (bicyclic) bond motifs is 1. The highest BCUT2D eigenvalue weighted by Crippen LogP contribution is 2.29. The molecule has 142 valence electrons. The fourth-order valence-electron chi connectivity index (χ4n) is 2.87. The third-order valence-electron chi connectivity index (χ3n) is 4.01. The van der Waals surface area contributed by atoms with Crippen molar-refractivity contribution in [2.75, 3.05) is 18.8 Å². The number of hydrogen-bond acceptors (Lipinski definition) is 8. The molecule has 0 spiro atoms. The van der Waals surface area contributed by atoms with Gasteiger partial charge in [0.1, 0.15) is 17.2 Å². The van der Waals surface area contributed by atoms with Crippen LogP contribution >= 0.6 is 11.6 Å². The summed E-state index contributed by atoms with van der Waals surface area (Å²) in [6.07, 6.45) is -1.45. The molecule has 0 aliphatic carbocycles. The molecule has 0 radical (unpaired) electrons. The van der Waals surface area contributed by atoms with Crippen LogP contribution in [0.3, 0.4) is 0 Å². The standard InChI is InChI=1S/C15H21ClN6O4/c1-15(2,3)26-14(25)21-4-7(10(24)8(23)5-21)22-6-18-9-11(16)19-13(17)20-12(9)22/h6-8,10,23-24H,4-5H2,1-3H3,(H2,17,19,20)/t7-,8-,10+/m1/s1. The Morgan fingerprint density at radius 3 is 2.69 bits per heavy atom. The van der Waals surface area contributed by atoms with Gasteiger partial charge in [-0.3, -0.25) is 0 Å². The van der Waals surface area contributed by atoms with Gasteiger partial charge in [0.2, 0.25) is 5.95 Å². The summed E-state index contributed by atoms with van der Waals surface area (Å²) in [7, 11) is 0. The lowest BCUT2D eigenvalue weighted by molar-refractivity contribution is -0.0714. The molecule has 1 fully saturated rings. The Balaban J connectivity index is 1.94. The number of piperidine rings is 1. The number of nitrogens with two attached hydrogens (primary N) is 1. The smallest absolute Gasteiger partial charge is 0.410 e. The number of amides is 1. The molecule has 3 heterocycles. The fourth-order valence-corrected chi connectivity index (χ4v) is 3.09. The molecule has 1 aliphatic heterocycles. The average Bonchev–Trinajstić information content (AvgIpc) is 2.92. The number of nitrogens with zero attached hydrogens (tertiary/aromatic N) is 5. The molecule has 3 rings (SSSR count). The predicted molar refractivity (Wildman–Crippen MR) is 93.6 cm³/mol. The number of anilines is 1. The van der Waals surface area contributed by atoms with Gasteiger partial charge in [0, 0.05) is 6.54 Å². The molecular weight excluding hydrogens is 364 g/mol. The monoisotopic (exact) mass is 384 g/mol. The van der Waals surface area contributed by atoms with E-state index in [4.69, 9.17) is 22.1 Å². The van der Waals surface area contributed by atoms with Gasteiger partial charge in [0.05, 0.1) is 25.0 Å². The normalized spacial score (nSPS) is 24.1. The summed E-state index contributed by atoms with van der Waals surface area (Å²) in [6.45, 7) is 5.31. The zero-order chi connectivity index (χ0) is 19.2. The van der Waals surface area contributed by atoms with E-state index < -0.39 is 29.9 Å². The van der Waals surface area contributed by atoms with E-state index in [0.717, 1.165) is 0 Å². The Labute approximate surface area is 154 Å². The molecular formula is C15H21ClN6O4. The fraction of sp³-hybridized carbons (Fsp3) is 0.600. The second kappa shape index (κ2) is 6.53. The third kappa shape index (κ3) is 3.53. The number of ether oxygens (including phenoxy) is 1. The molecule has 11 heteroatoms. The van der Waals surface area contributed by atoms with Crippen LogP contribution in [0.1, 0.15) is 26.8 Å². The van der Waals surface area contributed by atoms with Crippen molar-refractivity contribution in [3.8, 4) is 0 Å². The van der Waals surface area contributed by atoms with Gasteiger partial charge in [-0.25, -0.2) is 9.78 Å². The summed E-state index contributed by atoms with van der Waals surface area (Å²) >= 11 is 6.03. The molecule has 2 aromatic rings. The molecule has 1 amide bonds. The topological polar surface area (TPSA) is 140 Å². The summed E-state index contributed by atoms with van der Waals surface area (Å²) in [5.41, 5.74) is 5.60. The van der Waals surface area contributed by atoms with E-state index in [1.54, 1.807) is 20.8 Å². The van der Waals surface area contributed by atoms with Crippen molar-refractivity contribution in [2.24, 2.45) is 0 Å². The van der Waals surface area contributed by atoms with Crippen molar-refractivity contribution in [2.45, 2.75) is 44.6 Å². The van der Waals surface area contributed by atoms with Crippen LogP contribution in [0.15, 0.2) is 6.33 Å². The number of aliphatic hydroxyl groups is 2. The van der Waals surface area contributed by atoms with Crippen LogP contribution in [0, 0.1) is 0 Å². The minimum Gasteiger partial charge on any atom is -0.444 e. The lowest BCUT2D eigenvalue weighted by Gasteiger charge is -2.40. The number of aliphatic hydroxyl groups excluding tert-OH is 2. The van der Waals surface area contributed by atoms with Crippen molar-refractivity contribution >= 4 is 34.8 Å². The van der Waals surface area contributed by atoms with Crippen LogP contribution in [0.5, 0.6) is 0 Å². The highest BCUT2D eigenvalue weighted by Gasteiger charge is 2.40. The first-order valence-corrected chi connectivity index (χ1v) is 8.44. The molecule has 1 aliphatic rings. The molecule has 2 aromatic heterocycles. The molecule has 0 unspecified atom stereocenters. The average molecular weight is 385 g/mol. The maximum Gasteiger partial charge on any atom is 0.410 e. The summed E-state index contributed by atoms with van der Waals surface area (Å²) in [6, 6.07) is -0.707. The largest absolute Gasteiger partial charge is 0.444 e. The van der Waals surface area contributed by atoms with Gasteiger partial charge in [0.15, 0.2) is 10.8 Å². The summed E-state index contributed by atoms with van der Waals surface area (Å²) in [4.78, 5) is 25.8. The van der Waals surface area contributed by atoms with Crippen molar-refractivity contribution in [1.29, 1.82) is 0 Å². The number of carbonyl (C=O) groups is 1. The lowest BCUT2D eigenvalue weighted by Crippen LogP contribution is -2.55. The van der Waals surface area contributed by atoms with Crippen molar-refractivity contribution < 1.29 is 19.7 Å². The first kappa shape index (κ1) is 18.6. The van der Waals surface area contributed by atoms with Gasteiger partial charge >= 0.3 is 6.09 Å². The number of aromatic nitrogens is 4. The summed E-state index contributed by atoms with van der Waals surface area (Å²) in [5, 5.41) is 20.8. The van der Waals surface area contributed by atoms with Gasteiger partial charge in [-0.1, -0.05) is 11.6 Å². The number of hydrogen-bond donors (Lipinski definition) is 3. The Morgan fingerprint density at radius 2 is 2.04 bits per heavy atom. The first-order valence-electron chi connectivity index (χ1n) is 8.06. The van der Waals surface area contributed by atoms with Crippen LogP contribution < -0.4 is 5.73 Å². The molecule has 3 atom stereocenters. The Kier molecular flexibility index (Phi) is 4.67. The molecule has 10 nitrogen and oxygen atoms in total. The number of likely N-dealkylation sites (tertiary alicyclic amines) is 1. The van der Waals surface area contributed by atoms with Crippen molar-refractivity contribution in [3.63, 3.8) is 0 Å². The highest BCUT2D eigenvalue weighted by molar-refractivity contribution is 6.33. The quantitative estimate of drug-likeness (QED) is 0.606. The van der Waals surface area contributed by atoms with E-state index in [1.165, 1.54) is 15.8 Å². The highest BCUT2D eigenvalue weighted by atomic mass is 35.5. The predicted octanol–water partition coefficient (Wildman–Crippen LogP) is 0.575. The lowest BCUT2D eigenvalue weighted by atomic mass is 9.99. The van der Waals surface area contributed by atoms with E-state index >= 15 is 0 Å². The van der Waals surface area contributed by atoms with Crippen LogP contribution in [-0.2, 0) is 4.74 Å². The Morgan fingerprint density at radius 1 is 1.35 bits per heavy atom. The van der Waals surface area contributed by atoms with Crippen LogP contribution in [0.4, 0.5) is 10.7 Å².